The fourth-order valence-electron chi connectivity index (χ4n) is 1.71. The van der Waals surface area contributed by atoms with Crippen molar-refractivity contribution in [2.24, 2.45) is 5.92 Å². The molecule has 0 heterocycles. The number of esters is 1. The maximum atomic E-state index is 12.4. The van der Waals surface area contributed by atoms with Gasteiger partial charge in [0.05, 0.1) is 7.11 Å². The number of rotatable bonds is 8. The number of ether oxygens (including phenoxy) is 2. The third kappa shape index (κ3) is 11.9. The first-order valence-electron chi connectivity index (χ1n) is 7.91. The molecule has 0 aromatic carbocycles. The summed E-state index contributed by atoms with van der Waals surface area (Å²) in [6.45, 7) is 8.27. The Kier molecular flexibility index (Phi) is 10.4. The highest BCUT2D eigenvalue weighted by molar-refractivity contribution is 8.77. The van der Waals surface area contributed by atoms with E-state index >= 15 is 0 Å². The molecule has 0 aliphatic rings. The van der Waals surface area contributed by atoms with Crippen LogP contribution in [0.5, 0.6) is 0 Å². The van der Waals surface area contributed by atoms with Gasteiger partial charge in [-0.2, -0.15) is 13.2 Å². The van der Waals surface area contributed by atoms with Crippen LogP contribution >= 0.6 is 21.6 Å². The van der Waals surface area contributed by atoms with Crippen LogP contribution in [0.2, 0.25) is 0 Å². The Morgan fingerprint density at radius 3 is 2.04 bits per heavy atom. The summed E-state index contributed by atoms with van der Waals surface area (Å²) >= 11 is 0. The van der Waals surface area contributed by atoms with E-state index in [9.17, 15) is 27.6 Å². The number of methoxy groups -OCH3 is 1. The van der Waals surface area contributed by atoms with Gasteiger partial charge in [0.2, 0.25) is 5.91 Å². The minimum Gasteiger partial charge on any atom is -0.467 e. The summed E-state index contributed by atoms with van der Waals surface area (Å²) < 4.78 is 46.3. The standard InChI is InChI=1S/C15H25F3N2O5S2/c1-8(2)10(20-13(23)25-14(3,4)5)11(21)19-9(12(22)24-6)7-26-27-15(16,17)18/h8-10H,7H2,1-6H3,(H,19,21)(H,20,23)/t9-,10-/m0/s1. The first kappa shape index (κ1) is 25.7. The number of carbonyl (C=O) groups excluding carboxylic acids is 3. The summed E-state index contributed by atoms with van der Waals surface area (Å²) in [5.74, 6) is -2.35. The van der Waals surface area contributed by atoms with Gasteiger partial charge in [0.1, 0.15) is 17.7 Å². The maximum Gasteiger partial charge on any atom is 0.452 e. The number of carbonyl (C=O) groups is 3. The van der Waals surface area contributed by atoms with Gasteiger partial charge in [0.25, 0.3) is 0 Å². The minimum absolute atomic E-state index is 0.360. The van der Waals surface area contributed by atoms with Crippen LogP contribution in [0.15, 0.2) is 0 Å². The Balaban J connectivity index is 5.00. The number of alkyl halides is 3. The molecule has 158 valence electrons. The molecule has 0 aliphatic carbocycles. The molecular weight excluding hydrogens is 409 g/mol. The first-order valence-corrected chi connectivity index (χ1v) is 10.2. The highest BCUT2D eigenvalue weighted by atomic mass is 33.1. The quantitative estimate of drug-likeness (QED) is 0.448. The largest absolute Gasteiger partial charge is 0.467 e. The highest BCUT2D eigenvalue weighted by Crippen LogP contribution is 2.39. The number of alkyl carbamates (subject to hydrolysis) is 1. The summed E-state index contributed by atoms with van der Waals surface area (Å²) in [5.41, 5.74) is -5.25. The summed E-state index contributed by atoms with van der Waals surface area (Å²) in [5, 5.41) is 4.72. The van der Waals surface area contributed by atoms with E-state index in [2.05, 4.69) is 15.4 Å². The summed E-state index contributed by atoms with van der Waals surface area (Å²) in [4.78, 5) is 36.1. The molecule has 0 saturated heterocycles. The van der Waals surface area contributed by atoms with Gasteiger partial charge in [0, 0.05) is 16.5 Å². The van der Waals surface area contributed by atoms with E-state index in [0.29, 0.717) is 10.8 Å². The van der Waals surface area contributed by atoms with Gasteiger partial charge in [-0.1, -0.05) is 24.6 Å². The molecule has 0 saturated carbocycles. The Bertz CT molecular complexity index is 525. The fourth-order valence-corrected chi connectivity index (χ4v) is 3.28. The van der Waals surface area contributed by atoms with Crippen LogP contribution in [-0.4, -0.2) is 54.0 Å². The second-order valence-electron chi connectivity index (χ2n) is 6.77. The van der Waals surface area contributed by atoms with Crippen LogP contribution < -0.4 is 10.6 Å². The third-order valence-corrected chi connectivity index (χ3v) is 4.92. The second-order valence-corrected chi connectivity index (χ2v) is 9.17. The van der Waals surface area contributed by atoms with E-state index in [0.717, 1.165) is 7.11 Å². The van der Waals surface area contributed by atoms with E-state index in [1.54, 1.807) is 34.6 Å². The molecule has 0 fully saturated rings. The fraction of sp³-hybridized carbons (Fsp3) is 0.800. The molecule has 7 nitrogen and oxygen atoms in total. The number of amides is 2. The summed E-state index contributed by atoms with van der Waals surface area (Å²) in [6, 6.07) is -2.35. The van der Waals surface area contributed by atoms with Crippen molar-refractivity contribution in [1.82, 2.24) is 10.6 Å². The Hall–Kier alpha value is -1.30. The van der Waals surface area contributed by atoms with Crippen molar-refractivity contribution in [2.45, 2.75) is 57.8 Å². The molecule has 0 aromatic rings. The highest BCUT2D eigenvalue weighted by Gasteiger charge is 2.33. The Morgan fingerprint density at radius 2 is 1.63 bits per heavy atom. The van der Waals surface area contributed by atoms with Gasteiger partial charge in [-0.15, -0.1) is 0 Å². The average Bonchev–Trinajstić information content (AvgIpc) is 2.47. The first-order chi connectivity index (χ1) is 12.2. The van der Waals surface area contributed by atoms with Crippen LogP contribution in [0.1, 0.15) is 34.6 Å². The van der Waals surface area contributed by atoms with Crippen molar-refractivity contribution >= 4 is 39.6 Å². The van der Waals surface area contributed by atoms with Crippen LogP contribution in [0.4, 0.5) is 18.0 Å². The predicted molar refractivity (Wildman–Crippen MR) is 98.0 cm³/mol. The molecule has 0 bridgehead atoms. The Labute approximate surface area is 164 Å². The van der Waals surface area contributed by atoms with Crippen molar-refractivity contribution in [3.05, 3.63) is 0 Å². The third-order valence-electron chi connectivity index (χ3n) is 2.81. The SMILES string of the molecule is COC(=O)[C@H](CSSC(F)(F)F)NC(=O)[C@@H](NC(=O)OC(C)(C)C)C(C)C. The van der Waals surface area contributed by atoms with Crippen molar-refractivity contribution in [2.75, 3.05) is 12.9 Å². The predicted octanol–water partition coefficient (Wildman–Crippen LogP) is 3.09. The van der Waals surface area contributed by atoms with E-state index in [-0.39, 0.29) is 22.5 Å². The molecule has 12 heteroatoms. The number of hydrogen-bond acceptors (Lipinski definition) is 7. The second kappa shape index (κ2) is 10.9. The van der Waals surface area contributed by atoms with E-state index in [4.69, 9.17) is 4.74 Å². The van der Waals surface area contributed by atoms with Gasteiger partial charge in [0.15, 0.2) is 0 Å². The minimum atomic E-state index is -4.48. The molecule has 0 spiro atoms. The smallest absolute Gasteiger partial charge is 0.452 e. The molecule has 0 aromatic heterocycles. The molecule has 0 radical (unpaired) electrons. The van der Waals surface area contributed by atoms with Crippen LogP contribution in [0, 0.1) is 5.92 Å². The molecule has 0 unspecified atom stereocenters. The lowest BCUT2D eigenvalue weighted by molar-refractivity contribution is -0.144. The molecule has 27 heavy (non-hydrogen) atoms. The lowest BCUT2D eigenvalue weighted by Gasteiger charge is -2.26. The normalized spacial score (nSPS) is 14.3. The van der Waals surface area contributed by atoms with E-state index in [1.165, 1.54) is 0 Å². The van der Waals surface area contributed by atoms with Crippen molar-refractivity contribution in [3.8, 4) is 0 Å². The molecule has 2 amide bonds. The molecular formula is C15H25F3N2O5S2. The van der Waals surface area contributed by atoms with E-state index in [1.807, 2.05) is 0 Å². The van der Waals surface area contributed by atoms with Gasteiger partial charge < -0.3 is 20.1 Å². The number of nitrogens with one attached hydrogen (secondary N) is 2. The molecule has 0 rings (SSSR count). The van der Waals surface area contributed by atoms with Gasteiger partial charge in [-0.3, -0.25) is 4.79 Å². The molecule has 0 aliphatic heterocycles. The van der Waals surface area contributed by atoms with Gasteiger partial charge >= 0.3 is 17.6 Å². The van der Waals surface area contributed by atoms with Crippen LogP contribution in [-0.2, 0) is 19.1 Å². The van der Waals surface area contributed by atoms with Crippen molar-refractivity contribution < 1.29 is 37.0 Å². The van der Waals surface area contributed by atoms with E-state index < -0.39 is 41.2 Å². The van der Waals surface area contributed by atoms with Crippen LogP contribution in [0.3, 0.4) is 0 Å². The summed E-state index contributed by atoms with van der Waals surface area (Å²) in [7, 11) is 1.03. The zero-order chi connectivity index (χ0) is 21.4. The van der Waals surface area contributed by atoms with Gasteiger partial charge in [-0.25, -0.2) is 9.59 Å². The lowest BCUT2D eigenvalue weighted by atomic mass is 10.0. The topological polar surface area (TPSA) is 93.7 Å². The maximum absolute atomic E-state index is 12.4. The molecule has 2 N–H and O–H groups in total. The monoisotopic (exact) mass is 434 g/mol. The number of halogens is 3. The Morgan fingerprint density at radius 1 is 1.07 bits per heavy atom. The van der Waals surface area contributed by atoms with Crippen molar-refractivity contribution in [1.29, 1.82) is 0 Å². The van der Waals surface area contributed by atoms with Crippen LogP contribution in [0.25, 0.3) is 0 Å². The lowest BCUT2D eigenvalue weighted by Crippen LogP contribution is -2.55. The average molecular weight is 435 g/mol. The molecule has 2 atom stereocenters. The van der Waals surface area contributed by atoms with Crippen molar-refractivity contribution in [3.63, 3.8) is 0 Å². The zero-order valence-corrected chi connectivity index (χ0v) is 17.6. The summed E-state index contributed by atoms with van der Waals surface area (Å²) in [6.07, 6.45) is -0.826. The van der Waals surface area contributed by atoms with Gasteiger partial charge in [-0.05, 0) is 26.7 Å². The number of hydrogen-bond donors (Lipinski definition) is 2. The zero-order valence-electron chi connectivity index (χ0n) is 15.9.